The highest BCUT2D eigenvalue weighted by atomic mass is 35.5. The molecule has 0 saturated carbocycles. The molecule has 128 valence electrons. The fourth-order valence-electron chi connectivity index (χ4n) is 2.19. The van der Waals surface area contributed by atoms with Gasteiger partial charge in [-0.3, -0.25) is 4.79 Å². The predicted octanol–water partition coefficient (Wildman–Crippen LogP) is 4.28. The number of benzene rings is 1. The number of rotatable bonds is 7. The maximum atomic E-state index is 12.2. The van der Waals surface area contributed by atoms with Gasteiger partial charge in [-0.1, -0.05) is 49.4 Å². The van der Waals surface area contributed by atoms with Crippen molar-refractivity contribution in [3.8, 4) is 0 Å². The SMILES string of the molecule is C=CCn1c(SCC(=O)Nc2cccc(Cl)c2C)nnc1C(C)C. The van der Waals surface area contributed by atoms with Crippen LogP contribution < -0.4 is 5.32 Å². The number of carbonyl (C=O) groups is 1. The molecule has 0 unspecified atom stereocenters. The van der Waals surface area contributed by atoms with Gasteiger partial charge in [-0.05, 0) is 24.6 Å². The molecule has 1 N–H and O–H groups in total. The summed E-state index contributed by atoms with van der Waals surface area (Å²) in [6.07, 6.45) is 1.80. The van der Waals surface area contributed by atoms with Crippen LogP contribution in [0.4, 0.5) is 5.69 Å². The molecule has 0 aliphatic carbocycles. The molecule has 5 nitrogen and oxygen atoms in total. The van der Waals surface area contributed by atoms with Crippen molar-refractivity contribution in [3.05, 3.63) is 47.3 Å². The molecule has 0 radical (unpaired) electrons. The fourth-order valence-corrected chi connectivity index (χ4v) is 3.12. The number of hydrogen-bond donors (Lipinski definition) is 1. The molecule has 0 aliphatic rings. The van der Waals surface area contributed by atoms with Crippen molar-refractivity contribution in [1.82, 2.24) is 14.8 Å². The van der Waals surface area contributed by atoms with E-state index < -0.39 is 0 Å². The Hall–Kier alpha value is -1.79. The predicted molar refractivity (Wildman–Crippen MR) is 99.9 cm³/mol. The van der Waals surface area contributed by atoms with Crippen LogP contribution in [0.5, 0.6) is 0 Å². The monoisotopic (exact) mass is 364 g/mol. The van der Waals surface area contributed by atoms with Gasteiger partial charge in [-0.25, -0.2) is 0 Å². The van der Waals surface area contributed by atoms with Crippen LogP contribution in [-0.4, -0.2) is 26.4 Å². The Morgan fingerprint density at radius 2 is 2.21 bits per heavy atom. The summed E-state index contributed by atoms with van der Waals surface area (Å²) in [7, 11) is 0. The first kappa shape index (κ1) is 18.5. The van der Waals surface area contributed by atoms with Gasteiger partial charge < -0.3 is 9.88 Å². The van der Waals surface area contributed by atoms with Gasteiger partial charge in [0.1, 0.15) is 5.82 Å². The molecule has 1 aromatic heterocycles. The van der Waals surface area contributed by atoms with E-state index in [1.165, 1.54) is 11.8 Å². The average molecular weight is 365 g/mol. The van der Waals surface area contributed by atoms with Crippen LogP contribution in [0.2, 0.25) is 5.02 Å². The van der Waals surface area contributed by atoms with E-state index in [9.17, 15) is 4.79 Å². The smallest absolute Gasteiger partial charge is 0.234 e. The zero-order valence-corrected chi connectivity index (χ0v) is 15.6. The standard InChI is InChI=1S/C17H21ClN4OS/c1-5-9-22-16(11(2)3)20-21-17(22)24-10-15(23)19-14-8-6-7-13(18)12(14)4/h5-8,11H,1,9-10H2,2-4H3,(H,19,23). The highest BCUT2D eigenvalue weighted by molar-refractivity contribution is 7.99. The summed E-state index contributed by atoms with van der Waals surface area (Å²) in [4.78, 5) is 12.2. The van der Waals surface area contributed by atoms with Gasteiger partial charge in [0, 0.05) is 23.2 Å². The highest BCUT2D eigenvalue weighted by Gasteiger charge is 2.16. The number of carbonyl (C=O) groups excluding carboxylic acids is 1. The lowest BCUT2D eigenvalue weighted by Gasteiger charge is -2.11. The second-order valence-electron chi connectivity index (χ2n) is 5.64. The van der Waals surface area contributed by atoms with Crippen LogP contribution in [0.15, 0.2) is 36.0 Å². The normalized spacial score (nSPS) is 10.9. The van der Waals surface area contributed by atoms with Crippen LogP contribution in [0.3, 0.4) is 0 Å². The number of halogens is 1. The zero-order valence-electron chi connectivity index (χ0n) is 14.0. The lowest BCUT2D eigenvalue weighted by molar-refractivity contribution is -0.113. The molecule has 24 heavy (non-hydrogen) atoms. The maximum absolute atomic E-state index is 12.2. The molecule has 0 bridgehead atoms. The Morgan fingerprint density at radius 3 is 2.88 bits per heavy atom. The maximum Gasteiger partial charge on any atom is 0.234 e. The van der Waals surface area contributed by atoms with E-state index in [2.05, 4.69) is 35.9 Å². The Balaban J connectivity index is 2.04. The molecule has 1 aromatic carbocycles. The Labute approximate surface area is 151 Å². The summed E-state index contributed by atoms with van der Waals surface area (Å²) in [5, 5.41) is 12.6. The minimum atomic E-state index is -0.107. The molecule has 1 amide bonds. The second kappa shape index (κ2) is 8.35. The van der Waals surface area contributed by atoms with Crippen molar-refractivity contribution in [3.63, 3.8) is 0 Å². The van der Waals surface area contributed by atoms with Gasteiger partial charge in [-0.15, -0.1) is 16.8 Å². The second-order valence-corrected chi connectivity index (χ2v) is 6.99. The molecule has 0 aliphatic heterocycles. The summed E-state index contributed by atoms with van der Waals surface area (Å²) in [6, 6.07) is 5.45. The Bertz CT molecular complexity index is 742. The largest absolute Gasteiger partial charge is 0.325 e. The first-order valence-corrected chi connectivity index (χ1v) is 9.02. The van der Waals surface area contributed by atoms with Crippen molar-refractivity contribution in [2.75, 3.05) is 11.1 Å². The summed E-state index contributed by atoms with van der Waals surface area (Å²) in [6.45, 7) is 10.4. The van der Waals surface area contributed by atoms with Gasteiger partial charge in [0.25, 0.3) is 0 Å². The first-order valence-electron chi connectivity index (χ1n) is 7.65. The molecule has 2 aromatic rings. The van der Waals surface area contributed by atoms with Gasteiger partial charge >= 0.3 is 0 Å². The molecule has 0 saturated heterocycles. The van der Waals surface area contributed by atoms with Crippen LogP contribution in [-0.2, 0) is 11.3 Å². The highest BCUT2D eigenvalue weighted by Crippen LogP contribution is 2.24. The molecule has 2 rings (SSSR count). The Kier molecular flexibility index (Phi) is 6.45. The number of nitrogens with one attached hydrogen (secondary N) is 1. The number of aromatic nitrogens is 3. The van der Waals surface area contributed by atoms with E-state index >= 15 is 0 Å². The topological polar surface area (TPSA) is 59.8 Å². The van der Waals surface area contributed by atoms with Gasteiger partial charge in [0.05, 0.1) is 5.75 Å². The van der Waals surface area contributed by atoms with E-state index in [1.54, 1.807) is 12.1 Å². The molecule has 0 atom stereocenters. The lowest BCUT2D eigenvalue weighted by atomic mass is 10.2. The van der Waals surface area contributed by atoms with Crippen molar-refractivity contribution in [2.24, 2.45) is 0 Å². The molecule has 7 heteroatoms. The summed E-state index contributed by atoms with van der Waals surface area (Å²) < 4.78 is 1.99. The van der Waals surface area contributed by atoms with E-state index in [0.717, 1.165) is 22.2 Å². The van der Waals surface area contributed by atoms with Crippen molar-refractivity contribution < 1.29 is 4.79 Å². The van der Waals surface area contributed by atoms with Crippen LogP contribution in [0.25, 0.3) is 0 Å². The third kappa shape index (κ3) is 4.39. The molecule has 1 heterocycles. The Morgan fingerprint density at radius 1 is 1.46 bits per heavy atom. The number of thioether (sulfide) groups is 1. The molecule has 0 spiro atoms. The van der Waals surface area contributed by atoms with Crippen molar-refractivity contribution in [1.29, 1.82) is 0 Å². The minimum absolute atomic E-state index is 0.107. The van der Waals surface area contributed by atoms with Crippen LogP contribution in [0, 0.1) is 6.92 Å². The zero-order chi connectivity index (χ0) is 17.7. The minimum Gasteiger partial charge on any atom is -0.325 e. The van der Waals surface area contributed by atoms with E-state index in [1.807, 2.05) is 23.6 Å². The third-order valence-corrected chi connectivity index (χ3v) is 4.82. The number of allylic oxidation sites excluding steroid dienone is 1. The van der Waals surface area contributed by atoms with Gasteiger partial charge in [-0.2, -0.15) is 0 Å². The number of hydrogen-bond acceptors (Lipinski definition) is 4. The van der Waals surface area contributed by atoms with Crippen molar-refractivity contribution >= 4 is 35.0 Å². The summed E-state index contributed by atoms with van der Waals surface area (Å²) in [5.41, 5.74) is 1.58. The first-order chi connectivity index (χ1) is 11.4. The third-order valence-electron chi connectivity index (χ3n) is 3.45. The van der Waals surface area contributed by atoms with Crippen molar-refractivity contribution in [2.45, 2.75) is 38.4 Å². The van der Waals surface area contributed by atoms with E-state index in [-0.39, 0.29) is 17.6 Å². The quantitative estimate of drug-likeness (QED) is 0.588. The summed E-state index contributed by atoms with van der Waals surface area (Å²) >= 11 is 7.43. The number of anilines is 1. The fraction of sp³-hybridized carbons (Fsp3) is 0.353. The van der Waals surface area contributed by atoms with Crippen LogP contribution in [0.1, 0.15) is 31.2 Å². The molecule has 0 fully saturated rings. The average Bonchev–Trinajstić information content (AvgIpc) is 2.93. The molecular weight excluding hydrogens is 344 g/mol. The van der Waals surface area contributed by atoms with Gasteiger partial charge in [0.15, 0.2) is 5.16 Å². The van der Waals surface area contributed by atoms with E-state index in [0.29, 0.717) is 11.6 Å². The van der Waals surface area contributed by atoms with E-state index in [4.69, 9.17) is 11.6 Å². The number of amides is 1. The van der Waals surface area contributed by atoms with Gasteiger partial charge in [0.2, 0.25) is 5.91 Å². The molecular formula is C17H21ClN4OS. The van der Waals surface area contributed by atoms with Crippen LogP contribution >= 0.6 is 23.4 Å². The number of nitrogens with zero attached hydrogens (tertiary/aromatic N) is 3. The summed E-state index contributed by atoms with van der Waals surface area (Å²) in [5.74, 6) is 1.29. The lowest BCUT2D eigenvalue weighted by Crippen LogP contribution is -2.15.